The van der Waals surface area contributed by atoms with Crippen molar-refractivity contribution in [1.29, 1.82) is 0 Å². The van der Waals surface area contributed by atoms with E-state index < -0.39 is 0 Å². The highest BCUT2D eigenvalue weighted by atomic mass is 16.1. The molecule has 1 aliphatic heterocycles. The molecule has 0 spiro atoms. The van der Waals surface area contributed by atoms with E-state index in [1.165, 1.54) is 5.56 Å². The fourth-order valence-electron chi connectivity index (χ4n) is 2.27. The van der Waals surface area contributed by atoms with Crippen molar-refractivity contribution >= 4 is 17.3 Å². The molecule has 0 aliphatic carbocycles. The first kappa shape index (κ1) is 14.5. The fraction of sp³-hybridized carbons (Fsp3) is 0.471. The van der Waals surface area contributed by atoms with Gasteiger partial charge in [-0.2, -0.15) is 0 Å². The summed E-state index contributed by atoms with van der Waals surface area (Å²) in [4.78, 5) is 13.6. The van der Waals surface area contributed by atoms with Gasteiger partial charge in [-0.1, -0.05) is 17.9 Å². The molecule has 3 heteroatoms. The van der Waals surface area contributed by atoms with E-state index >= 15 is 0 Å². The summed E-state index contributed by atoms with van der Waals surface area (Å²) >= 11 is 0. The van der Waals surface area contributed by atoms with Crippen LogP contribution in [-0.2, 0) is 11.2 Å². The molecule has 0 radical (unpaired) electrons. The highest BCUT2D eigenvalue weighted by molar-refractivity contribution is 5.95. The molecule has 0 unspecified atom stereocenters. The lowest BCUT2D eigenvalue weighted by molar-refractivity contribution is -0.116. The van der Waals surface area contributed by atoms with Crippen LogP contribution in [0.2, 0.25) is 0 Å². The number of fused-ring (bicyclic) bond motifs is 1. The molecule has 1 aliphatic rings. The molecule has 0 saturated carbocycles. The van der Waals surface area contributed by atoms with Gasteiger partial charge in [0.1, 0.15) is 0 Å². The molecule has 3 nitrogen and oxygen atoms in total. The van der Waals surface area contributed by atoms with Crippen LogP contribution in [0, 0.1) is 17.3 Å². The van der Waals surface area contributed by atoms with Crippen LogP contribution in [0.5, 0.6) is 0 Å². The van der Waals surface area contributed by atoms with Crippen molar-refractivity contribution < 1.29 is 4.79 Å². The molecule has 0 fully saturated rings. The summed E-state index contributed by atoms with van der Waals surface area (Å²) in [6, 6.07) is 6.03. The second-order valence-corrected chi connectivity index (χ2v) is 6.26. The lowest BCUT2D eigenvalue weighted by Crippen LogP contribution is -2.24. The Morgan fingerprint density at radius 2 is 2.05 bits per heavy atom. The predicted molar refractivity (Wildman–Crippen MR) is 83.9 cm³/mol. The lowest BCUT2D eigenvalue weighted by atomic mass is 9.98. The minimum atomic E-state index is 0.0327. The van der Waals surface area contributed by atoms with E-state index in [0.717, 1.165) is 17.8 Å². The Labute approximate surface area is 121 Å². The van der Waals surface area contributed by atoms with E-state index in [9.17, 15) is 4.79 Å². The quantitative estimate of drug-likeness (QED) is 0.838. The van der Waals surface area contributed by atoms with E-state index in [2.05, 4.69) is 48.9 Å². The standard InChI is InChI=1S/C17H22N2O/c1-17(2,3)11-6-12-19(4)15-8-5-7-14-13(15)9-10-16(20)18-14/h5,7-8H,9-10,12H2,1-4H3,(H,18,20). The molecule has 1 aromatic rings. The Kier molecular flexibility index (Phi) is 4.04. The molecule has 1 N–H and O–H groups in total. The molecule has 1 heterocycles. The topological polar surface area (TPSA) is 32.3 Å². The van der Waals surface area contributed by atoms with Crippen LogP contribution in [0.3, 0.4) is 0 Å². The summed E-state index contributed by atoms with van der Waals surface area (Å²) in [5, 5.41) is 2.93. The van der Waals surface area contributed by atoms with Crippen molar-refractivity contribution in [2.24, 2.45) is 5.41 Å². The molecular formula is C17H22N2O. The van der Waals surface area contributed by atoms with Gasteiger partial charge in [0.2, 0.25) is 5.91 Å². The molecule has 0 bridgehead atoms. The summed E-state index contributed by atoms with van der Waals surface area (Å²) < 4.78 is 0. The number of nitrogens with zero attached hydrogens (tertiary/aromatic N) is 1. The first-order chi connectivity index (χ1) is 9.37. The number of amides is 1. The predicted octanol–water partition coefficient (Wildman–Crippen LogP) is 3.06. The normalized spacial score (nSPS) is 13.9. The number of hydrogen-bond acceptors (Lipinski definition) is 2. The highest BCUT2D eigenvalue weighted by Gasteiger charge is 2.18. The first-order valence-corrected chi connectivity index (χ1v) is 7.00. The summed E-state index contributed by atoms with van der Waals surface area (Å²) in [7, 11) is 2.05. The third-order valence-corrected chi connectivity index (χ3v) is 3.22. The van der Waals surface area contributed by atoms with Gasteiger partial charge in [-0.3, -0.25) is 4.79 Å². The van der Waals surface area contributed by atoms with E-state index in [0.29, 0.717) is 13.0 Å². The number of hydrogen-bond donors (Lipinski definition) is 1. The number of carbonyl (C=O) groups excluding carboxylic acids is 1. The van der Waals surface area contributed by atoms with Gasteiger partial charge in [-0.25, -0.2) is 0 Å². The van der Waals surface area contributed by atoms with Gasteiger partial charge < -0.3 is 10.2 Å². The average molecular weight is 270 g/mol. The highest BCUT2D eigenvalue weighted by Crippen LogP contribution is 2.31. The van der Waals surface area contributed by atoms with Crippen LogP contribution in [-0.4, -0.2) is 19.5 Å². The van der Waals surface area contributed by atoms with Gasteiger partial charge >= 0.3 is 0 Å². The molecule has 2 rings (SSSR count). The largest absolute Gasteiger partial charge is 0.363 e. The second kappa shape index (κ2) is 5.58. The van der Waals surface area contributed by atoms with Gasteiger partial charge in [0, 0.05) is 30.3 Å². The van der Waals surface area contributed by atoms with Crippen LogP contribution in [0.25, 0.3) is 0 Å². The molecule has 1 aromatic carbocycles. The Balaban J connectivity index is 2.18. The second-order valence-electron chi connectivity index (χ2n) is 6.26. The van der Waals surface area contributed by atoms with Crippen LogP contribution in [0.1, 0.15) is 32.8 Å². The third kappa shape index (κ3) is 3.54. The molecule has 0 atom stereocenters. The minimum absolute atomic E-state index is 0.0327. The van der Waals surface area contributed by atoms with Gasteiger partial charge in [-0.05, 0) is 44.9 Å². The smallest absolute Gasteiger partial charge is 0.224 e. The van der Waals surface area contributed by atoms with Crippen LogP contribution >= 0.6 is 0 Å². The summed E-state index contributed by atoms with van der Waals surface area (Å²) in [5.41, 5.74) is 3.34. The summed E-state index contributed by atoms with van der Waals surface area (Å²) in [5.74, 6) is 6.58. The summed E-state index contributed by atoms with van der Waals surface area (Å²) in [6.07, 6.45) is 1.36. The molecule has 0 aromatic heterocycles. The zero-order valence-electron chi connectivity index (χ0n) is 12.7. The van der Waals surface area contributed by atoms with Crippen molar-refractivity contribution in [2.75, 3.05) is 23.8 Å². The Hall–Kier alpha value is -1.95. The van der Waals surface area contributed by atoms with Crippen molar-refractivity contribution in [3.8, 4) is 11.8 Å². The number of rotatable bonds is 2. The van der Waals surface area contributed by atoms with E-state index in [4.69, 9.17) is 0 Å². The molecule has 1 amide bonds. The molecule has 20 heavy (non-hydrogen) atoms. The van der Waals surface area contributed by atoms with Gasteiger partial charge in [0.25, 0.3) is 0 Å². The number of anilines is 2. The van der Waals surface area contributed by atoms with Crippen LogP contribution < -0.4 is 10.2 Å². The first-order valence-electron chi connectivity index (χ1n) is 7.00. The SMILES string of the molecule is CN(CC#CC(C)(C)C)c1cccc2c1CCC(=O)N2. The van der Waals surface area contributed by atoms with E-state index in [-0.39, 0.29) is 11.3 Å². The zero-order valence-corrected chi connectivity index (χ0v) is 12.7. The van der Waals surface area contributed by atoms with Crippen molar-refractivity contribution in [1.82, 2.24) is 0 Å². The molecule has 106 valence electrons. The van der Waals surface area contributed by atoms with Crippen molar-refractivity contribution in [2.45, 2.75) is 33.6 Å². The average Bonchev–Trinajstić information content (AvgIpc) is 2.36. The Bertz CT molecular complexity index is 573. The number of benzene rings is 1. The Morgan fingerprint density at radius 3 is 2.75 bits per heavy atom. The fourth-order valence-corrected chi connectivity index (χ4v) is 2.27. The maximum atomic E-state index is 11.4. The van der Waals surface area contributed by atoms with E-state index in [1.54, 1.807) is 0 Å². The minimum Gasteiger partial charge on any atom is -0.363 e. The van der Waals surface area contributed by atoms with Crippen molar-refractivity contribution in [3.05, 3.63) is 23.8 Å². The molecule has 0 saturated heterocycles. The maximum Gasteiger partial charge on any atom is 0.224 e. The monoisotopic (exact) mass is 270 g/mol. The van der Waals surface area contributed by atoms with Gasteiger partial charge in [0.05, 0.1) is 6.54 Å². The number of nitrogens with one attached hydrogen (secondary N) is 1. The zero-order chi connectivity index (χ0) is 14.8. The van der Waals surface area contributed by atoms with Crippen LogP contribution in [0.4, 0.5) is 11.4 Å². The third-order valence-electron chi connectivity index (χ3n) is 3.22. The Morgan fingerprint density at radius 1 is 1.30 bits per heavy atom. The van der Waals surface area contributed by atoms with Gasteiger partial charge in [-0.15, -0.1) is 0 Å². The molecular weight excluding hydrogens is 248 g/mol. The van der Waals surface area contributed by atoms with Gasteiger partial charge in [0.15, 0.2) is 0 Å². The number of carbonyl (C=O) groups is 1. The summed E-state index contributed by atoms with van der Waals surface area (Å²) in [6.45, 7) is 7.03. The lowest BCUT2D eigenvalue weighted by Gasteiger charge is -2.25. The maximum absolute atomic E-state index is 11.4. The van der Waals surface area contributed by atoms with Crippen LogP contribution in [0.15, 0.2) is 18.2 Å². The van der Waals surface area contributed by atoms with Crippen molar-refractivity contribution in [3.63, 3.8) is 0 Å². The van der Waals surface area contributed by atoms with E-state index in [1.807, 2.05) is 19.2 Å².